The average molecular weight is 264 g/mol. The first kappa shape index (κ1) is 14.6. The molecule has 2 N–H and O–H groups in total. The third-order valence-corrected chi connectivity index (χ3v) is 2.21. The molecule has 0 aliphatic carbocycles. The van der Waals surface area contributed by atoms with Crippen LogP contribution in [0.1, 0.15) is 12.5 Å². The van der Waals surface area contributed by atoms with E-state index in [1.165, 1.54) is 21.1 Å². The van der Waals surface area contributed by atoms with Gasteiger partial charge in [-0.3, -0.25) is 15.6 Å². The Morgan fingerprint density at radius 2 is 2.00 bits per heavy atom. The van der Waals surface area contributed by atoms with Crippen LogP contribution in [0.4, 0.5) is 0 Å². The van der Waals surface area contributed by atoms with Crippen molar-refractivity contribution >= 4 is 11.6 Å². The molecule has 7 nitrogen and oxygen atoms in total. The lowest BCUT2D eigenvalue weighted by molar-refractivity contribution is -0.116. The summed E-state index contributed by atoms with van der Waals surface area (Å²) >= 11 is 0. The predicted octanol–water partition coefficient (Wildman–Crippen LogP) is 1.57. The molecule has 0 saturated heterocycles. The third kappa shape index (κ3) is 4.38. The van der Waals surface area contributed by atoms with Crippen LogP contribution in [-0.2, 0) is 4.79 Å². The van der Waals surface area contributed by atoms with E-state index in [0.717, 1.165) is 0 Å². The summed E-state index contributed by atoms with van der Waals surface area (Å²) in [6.07, 6.45) is 0. The summed E-state index contributed by atoms with van der Waals surface area (Å²) < 4.78 is 10.2. The number of nitrogens with one attached hydrogen (secondary N) is 2. The largest absolute Gasteiger partial charge is 0.493 e. The van der Waals surface area contributed by atoms with Gasteiger partial charge < -0.3 is 9.47 Å². The molecule has 0 aliphatic rings. The Kier molecular flexibility index (Phi) is 5.46. The second kappa shape index (κ2) is 7.10. The van der Waals surface area contributed by atoms with Crippen molar-refractivity contribution in [2.75, 3.05) is 20.8 Å². The lowest BCUT2D eigenvalue weighted by Gasteiger charge is -2.08. The Hall–Kier alpha value is -2.44. The number of carbonyl (C=O) groups is 1. The molecule has 1 aromatic carbocycles. The van der Waals surface area contributed by atoms with Crippen LogP contribution in [-0.4, -0.2) is 32.4 Å². The predicted molar refractivity (Wildman–Crippen MR) is 69.9 cm³/mol. The van der Waals surface area contributed by atoms with E-state index in [2.05, 4.69) is 15.8 Å². The fourth-order valence-corrected chi connectivity index (χ4v) is 1.27. The number of benzene rings is 1. The molecule has 0 saturated carbocycles. The van der Waals surface area contributed by atoms with E-state index in [1.807, 2.05) is 0 Å². The number of amidine groups is 1. The number of rotatable bonds is 6. The van der Waals surface area contributed by atoms with E-state index in [-0.39, 0.29) is 18.2 Å². The van der Waals surface area contributed by atoms with Crippen molar-refractivity contribution in [3.05, 3.63) is 23.8 Å². The van der Waals surface area contributed by atoms with Crippen LogP contribution < -0.4 is 14.9 Å². The Labute approximate surface area is 111 Å². The molecule has 1 aromatic rings. The topological polar surface area (TPSA) is 96.1 Å². The lowest BCUT2D eigenvalue weighted by Crippen LogP contribution is -2.14. The molecular formula is C12H16N4O3. The Bertz CT molecular complexity index is 500. The molecule has 0 aliphatic heterocycles. The molecule has 0 radical (unpaired) electrons. The van der Waals surface area contributed by atoms with Crippen LogP contribution >= 0.6 is 0 Å². The summed E-state index contributed by atoms with van der Waals surface area (Å²) in [4.78, 5) is 10.7. The van der Waals surface area contributed by atoms with Gasteiger partial charge >= 0.3 is 0 Å². The first-order valence-corrected chi connectivity index (χ1v) is 5.52. The number of Topliss-reactive ketones (excluding diaryl/α,β-unsaturated/α-hetero) is 1. The van der Waals surface area contributed by atoms with E-state index in [1.54, 1.807) is 18.2 Å². The molecule has 19 heavy (non-hydrogen) atoms. The van der Waals surface area contributed by atoms with Gasteiger partial charge in [-0.15, -0.1) is 5.11 Å². The minimum atomic E-state index is -0.0587. The van der Waals surface area contributed by atoms with Gasteiger partial charge in [0, 0.05) is 5.56 Å². The molecule has 0 spiro atoms. The zero-order chi connectivity index (χ0) is 14.3. The van der Waals surface area contributed by atoms with Crippen molar-refractivity contribution in [3.8, 4) is 11.5 Å². The second-order valence-corrected chi connectivity index (χ2v) is 3.66. The number of ether oxygens (including phenoxy) is 2. The molecule has 0 unspecified atom stereocenters. The highest BCUT2D eigenvalue weighted by Crippen LogP contribution is 2.27. The standard InChI is InChI=1S/C12H16N4O3/c1-8(17)7-14-16-15-12(13)9-4-5-10(18-2)11(6-9)19-3/h4-6H,7H2,1-3H3,(H2,13,14,15). The molecule has 0 aromatic heterocycles. The summed E-state index contributed by atoms with van der Waals surface area (Å²) in [7, 11) is 3.05. The first-order chi connectivity index (χ1) is 9.08. The van der Waals surface area contributed by atoms with E-state index < -0.39 is 0 Å². The van der Waals surface area contributed by atoms with Gasteiger partial charge in [-0.05, 0) is 25.1 Å². The molecule has 0 amide bonds. The van der Waals surface area contributed by atoms with E-state index >= 15 is 0 Å². The van der Waals surface area contributed by atoms with Gasteiger partial charge in [0.05, 0.1) is 20.8 Å². The zero-order valence-electron chi connectivity index (χ0n) is 11.1. The first-order valence-electron chi connectivity index (χ1n) is 5.52. The number of carbonyl (C=O) groups excluding carboxylic acids is 1. The SMILES string of the molecule is COc1ccc(C(=N)/N=N\NCC(C)=O)cc1OC. The Morgan fingerprint density at radius 3 is 2.58 bits per heavy atom. The normalized spacial score (nSPS) is 10.3. The molecule has 0 bridgehead atoms. The van der Waals surface area contributed by atoms with Gasteiger partial charge in [-0.25, -0.2) is 0 Å². The van der Waals surface area contributed by atoms with E-state index in [0.29, 0.717) is 17.1 Å². The molecule has 7 heteroatoms. The number of nitrogens with zero attached hydrogens (tertiary/aromatic N) is 2. The van der Waals surface area contributed by atoms with Gasteiger partial charge in [0.15, 0.2) is 23.1 Å². The molecule has 0 atom stereocenters. The van der Waals surface area contributed by atoms with Gasteiger partial charge in [0.2, 0.25) is 0 Å². The van der Waals surface area contributed by atoms with Crippen molar-refractivity contribution in [2.45, 2.75) is 6.92 Å². The number of hydrogen-bond acceptors (Lipinski definition) is 5. The van der Waals surface area contributed by atoms with Crippen molar-refractivity contribution in [3.63, 3.8) is 0 Å². The minimum absolute atomic E-state index is 0.0444. The lowest BCUT2D eigenvalue weighted by atomic mass is 10.2. The third-order valence-electron chi connectivity index (χ3n) is 2.21. The summed E-state index contributed by atoms with van der Waals surface area (Å²) in [6.45, 7) is 1.52. The van der Waals surface area contributed by atoms with Crippen LogP contribution in [0.5, 0.6) is 11.5 Å². The fraction of sp³-hybridized carbons (Fsp3) is 0.333. The highest BCUT2D eigenvalue weighted by atomic mass is 16.5. The molecule has 1 rings (SSSR count). The molecule has 0 fully saturated rings. The van der Waals surface area contributed by atoms with Crippen molar-refractivity contribution < 1.29 is 14.3 Å². The quantitative estimate of drug-likeness (QED) is 0.353. The van der Waals surface area contributed by atoms with Crippen molar-refractivity contribution in [2.24, 2.45) is 10.3 Å². The molecule has 0 heterocycles. The maximum Gasteiger partial charge on any atom is 0.176 e. The highest BCUT2D eigenvalue weighted by Gasteiger charge is 2.07. The Balaban J connectivity index is 2.74. The summed E-state index contributed by atoms with van der Waals surface area (Å²) in [6, 6.07) is 4.99. The van der Waals surface area contributed by atoms with Crippen molar-refractivity contribution in [1.29, 1.82) is 5.41 Å². The van der Waals surface area contributed by atoms with Gasteiger partial charge in [-0.2, -0.15) is 0 Å². The summed E-state index contributed by atoms with van der Waals surface area (Å²) in [5.41, 5.74) is 2.98. The smallest absolute Gasteiger partial charge is 0.176 e. The van der Waals surface area contributed by atoms with Crippen LogP contribution in [0.25, 0.3) is 0 Å². The number of ketones is 1. The number of hydrogen-bond donors (Lipinski definition) is 2. The molecular weight excluding hydrogens is 248 g/mol. The van der Waals surface area contributed by atoms with E-state index in [9.17, 15) is 4.79 Å². The summed E-state index contributed by atoms with van der Waals surface area (Å²) in [5, 5.41) is 14.9. The van der Waals surface area contributed by atoms with Crippen LogP contribution in [0, 0.1) is 5.41 Å². The zero-order valence-corrected chi connectivity index (χ0v) is 11.1. The number of methoxy groups -OCH3 is 2. The van der Waals surface area contributed by atoms with Gasteiger partial charge in [0.25, 0.3) is 0 Å². The summed E-state index contributed by atoms with van der Waals surface area (Å²) in [5.74, 6) is 0.982. The van der Waals surface area contributed by atoms with Crippen LogP contribution in [0.15, 0.2) is 28.5 Å². The maximum atomic E-state index is 10.7. The van der Waals surface area contributed by atoms with Crippen LogP contribution in [0.3, 0.4) is 0 Å². The van der Waals surface area contributed by atoms with Crippen molar-refractivity contribution in [1.82, 2.24) is 5.43 Å². The highest BCUT2D eigenvalue weighted by molar-refractivity contribution is 5.97. The second-order valence-electron chi connectivity index (χ2n) is 3.66. The molecule has 102 valence electrons. The van der Waals surface area contributed by atoms with Gasteiger partial charge in [0.1, 0.15) is 0 Å². The van der Waals surface area contributed by atoms with Gasteiger partial charge in [-0.1, -0.05) is 5.22 Å². The van der Waals surface area contributed by atoms with E-state index in [4.69, 9.17) is 14.9 Å². The monoisotopic (exact) mass is 264 g/mol. The Morgan fingerprint density at radius 1 is 1.32 bits per heavy atom. The van der Waals surface area contributed by atoms with Crippen LogP contribution in [0.2, 0.25) is 0 Å². The average Bonchev–Trinajstić information content (AvgIpc) is 2.42. The maximum absolute atomic E-state index is 10.7. The minimum Gasteiger partial charge on any atom is -0.493 e. The fourth-order valence-electron chi connectivity index (χ4n) is 1.27.